The molecule has 0 unspecified atom stereocenters. The first-order valence-corrected chi connectivity index (χ1v) is 2.57. The van der Waals surface area contributed by atoms with Crippen molar-refractivity contribution in [2.75, 3.05) is 0 Å². The third-order valence-electron chi connectivity index (χ3n) is 0.798. The number of nitrogens with zero attached hydrogens (tertiary/aromatic N) is 1. The summed E-state index contributed by atoms with van der Waals surface area (Å²) in [5, 5.41) is 0. The molecule has 0 saturated heterocycles. The van der Waals surface area contributed by atoms with E-state index in [1.54, 1.807) is 9.97 Å². The van der Waals surface area contributed by atoms with Crippen molar-refractivity contribution < 1.29 is 0 Å². The van der Waals surface area contributed by atoms with Crippen molar-refractivity contribution in [2.24, 2.45) is 0 Å². The van der Waals surface area contributed by atoms with E-state index >= 15 is 0 Å². The molecule has 1 rings (SSSR count). The standard InChI is InChI=1S/C3H2ClN3O3.2Li.2H/c4-7-2(9)5-1(8)6-3(7)10;;;;/h(H2,5,6,8,9,10);;;;. The van der Waals surface area contributed by atoms with Crippen molar-refractivity contribution in [3.63, 3.8) is 0 Å². The Balaban J connectivity index is 0. The maximum absolute atomic E-state index is 10.4. The molecule has 0 amide bonds. The SMILES string of the molecule is O=c1[nH]c(=O)n(Cl)c(=O)[nH]1.[LiH].[LiH]. The van der Waals surface area contributed by atoms with Crippen LogP contribution in [0.15, 0.2) is 14.4 Å². The van der Waals surface area contributed by atoms with Crippen molar-refractivity contribution in [1.29, 1.82) is 0 Å². The summed E-state index contributed by atoms with van der Waals surface area (Å²) in [6.45, 7) is 0. The van der Waals surface area contributed by atoms with Gasteiger partial charge in [0.25, 0.3) is 0 Å². The van der Waals surface area contributed by atoms with Crippen LogP contribution >= 0.6 is 11.8 Å². The fraction of sp³-hybridized carbons (Fsp3) is 0. The molecule has 0 aromatic carbocycles. The summed E-state index contributed by atoms with van der Waals surface area (Å²) in [6, 6.07) is 0. The Bertz CT molecular complexity index is 372. The molecule has 1 heterocycles. The van der Waals surface area contributed by atoms with Crippen LogP contribution in [0.2, 0.25) is 0 Å². The number of hydrogen-bond acceptors (Lipinski definition) is 3. The second kappa shape index (κ2) is 5.52. The maximum atomic E-state index is 10.4. The number of H-pyrrole nitrogens is 2. The minimum atomic E-state index is -0.949. The van der Waals surface area contributed by atoms with Crippen LogP contribution in [-0.2, 0) is 0 Å². The molecule has 1 aromatic rings. The number of rotatable bonds is 0. The van der Waals surface area contributed by atoms with Crippen LogP contribution in [0, 0.1) is 0 Å². The molecule has 1 aromatic heterocycles. The Kier molecular flexibility index (Phi) is 6.64. The summed E-state index contributed by atoms with van der Waals surface area (Å²) >= 11 is 5.04. The molecule has 0 fully saturated rings. The molecule has 6 nitrogen and oxygen atoms in total. The topological polar surface area (TPSA) is 87.7 Å². The monoisotopic (exact) mass is 179 g/mol. The molecule has 58 valence electrons. The van der Waals surface area contributed by atoms with Gasteiger partial charge in [-0.3, -0.25) is 9.97 Å². The van der Waals surface area contributed by atoms with Gasteiger partial charge in [0, 0.05) is 11.8 Å². The van der Waals surface area contributed by atoms with Crippen LogP contribution in [-0.4, -0.2) is 51.8 Å². The first-order chi connectivity index (χ1) is 4.61. The number of aromatic amines is 2. The van der Waals surface area contributed by atoms with Crippen molar-refractivity contribution in [3.05, 3.63) is 31.5 Å². The predicted molar refractivity (Wildman–Crippen MR) is 47.5 cm³/mol. The van der Waals surface area contributed by atoms with Crippen LogP contribution in [0.4, 0.5) is 0 Å². The van der Waals surface area contributed by atoms with E-state index < -0.39 is 17.1 Å². The zero-order chi connectivity index (χ0) is 7.72. The molecule has 9 heteroatoms. The Hall–Kier alpha value is -0.105. The summed E-state index contributed by atoms with van der Waals surface area (Å²) in [4.78, 5) is 34.6. The Labute approximate surface area is 94.8 Å². The van der Waals surface area contributed by atoms with E-state index in [9.17, 15) is 14.4 Å². The van der Waals surface area contributed by atoms with E-state index in [4.69, 9.17) is 11.8 Å². The molecule has 0 saturated carbocycles. The second-order valence-corrected chi connectivity index (χ2v) is 1.81. The molecule has 0 spiro atoms. The Morgan fingerprint density at radius 3 is 1.67 bits per heavy atom. The molecule has 0 aliphatic heterocycles. The number of halogens is 1. The average molecular weight is 179 g/mol. The van der Waals surface area contributed by atoms with Crippen LogP contribution in [0.25, 0.3) is 0 Å². The number of aromatic nitrogens is 3. The van der Waals surface area contributed by atoms with E-state index in [1.165, 1.54) is 0 Å². The van der Waals surface area contributed by atoms with Crippen molar-refractivity contribution >= 4 is 49.5 Å². The number of hydrogen-bond donors (Lipinski definition) is 2. The van der Waals surface area contributed by atoms with Gasteiger partial charge in [0.15, 0.2) is 0 Å². The molecular weight excluding hydrogens is 175 g/mol. The van der Waals surface area contributed by atoms with Crippen molar-refractivity contribution in [3.8, 4) is 0 Å². The Morgan fingerprint density at radius 1 is 1.00 bits per heavy atom. The normalized spacial score (nSPS) is 8.08. The zero-order valence-electron chi connectivity index (χ0n) is 4.55. The summed E-state index contributed by atoms with van der Waals surface area (Å²) in [5.74, 6) is 0. The van der Waals surface area contributed by atoms with Crippen LogP contribution < -0.4 is 17.1 Å². The van der Waals surface area contributed by atoms with Crippen molar-refractivity contribution in [1.82, 2.24) is 14.1 Å². The van der Waals surface area contributed by atoms with E-state index in [-0.39, 0.29) is 41.8 Å². The Morgan fingerprint density at radius 2 is 1.33 bits per heavy atom. The quantitative estimate of drug-likeness (QED) is 0.414. The van der Waals surface area contributed by atoms with Gasteiger partial charge in [0.2, 0.25) is 0 Å². The molecule has 2 N–H and O–H groups in total. The van der Waals surface area contributed by atoms with Gasteiger partial charge in [0.1, 0.15) is 0 Å². The predicted octanol–water partition coefficient (Wildman–Crippen LogP) is -3.07. The van der Waals surface area contributed by atoms with Crippen LogP contribution in [0.3, 0.4) is 0 Å². The minimum absolute atomic E-state index is 0. The van der Waals surface area contributed by atoms with Gasteiger partial charge >= 0.3 is 54.8 Å². The number of nitrogens with one attached hydrogen (secondary N) is 2. The zero-order valence-corrected chi connectivity index (χ0v) is 5.31. The average Bonchev–Trinajstić information content (AvgIpc) is 1.82. The van der Waals surface area contributed by atoms with E-state index in [0.29, 0.717) is 0 Å². The van der Waals surface area contributed by atoms with Gasteiger partial charge in [-0.2, -0.15) is 4.09 Å². The molecule has 0 aliphatic rings. The van der Waals surface area contributed by atoms with E-state index in [1.807, 2.05) is 0 Å². The summed E-state index contributed by atoms with van der Waals surface area (Å²) in [6.07, 6.45) is 0. The first-order valence-electron chi connectivity index (χ1n) is 2.23. The fourth-order valence-electron chi connectivity index (χ4n) is 0.416. The first kappa shape index (κ1) is 14.4. The third-order valence-corrected chi connectivity index (χ3v) is 1.10. The van der Waals surface area contributed by atoms with Crippen molar-refractivity contribution in [2.45, 2.75) is 0 Å². The van der Waals surface area contributed by atoms with Gasteiger partial charge in [0.05, 0.1) is 0 Å². The van der Waals surface area contributed by atoms with E-state index in [0.717, 1.165) is 0 Å². The van der Waals surface area contributed by atoms with Crippen LogP contribution in [0.5, 0.6) is 0 Å². The fourth-order valence-corrected chi connectivity index (χ4v) is 0.500. The third kappa shape index (κ3) is 3.10. The van der Waals surface area contributed by atoms with Gasteiger partial charge in [-0.05, 0) is 0 Å². The summed E-state index contributed by atoms with van der Waals surface area (Å²) < 4.78 is 0.238. The van der Waals surface area contributed by atoms with E-state index in [2.05, 4.69) is 0 Å². The van der Waals surface area contributed by atoms with Crippen LogP contribution in [0.1, 0.15) is 0 Å². The van der Waals surface area contributed by atoms with Gasteiger partial charge in [-0.1, -0.05) is 0 Å². The molecule has 0 atom stereocenters. The molecule has 0 bridgehead atoms. The van der Waals surface area contributed by atoms with Gasteiger partial charge in [-0.15, -0.1) is 0 Å². The molecule has 0 radical (unpaired) electrons. The molecular formula is C3H4ClLi2N3O3. The second-order valence-electron chi connectivity index (χ2n) is 1.47. The van der Waals surface area contributed by atoms with Gasteiger partial charge < -0.3 is 0 Å². The summed E-state index contributed by atoms with van der Waals surface area (Å²) in [7, 11) is 0. The molecule has 12 heavy (non-hydrogen) atoms. The molecule has 0 aliphatic carbocycles. The summed E-state index contributed by atoms with van der Waals surface area (Å²) in [5.41, 5.74) is -2.77. The van der Waals surface area contributed by atoms with Gasteiger partial charge in [-0.25, -0.2) is 14.4 Å².